The van der Waals surface area contributed by atoms with E-state index >= 15 is 0 Å². The summed E-state index contributed by atoms with van der Waals surface area (Å²) >= 11 is 0. The topological polar surface area (TPSA) is 84.0 Å². The Labute approximate surface area is 204 Å². The van der Waals surface area contributed by atoms with E-state index in [-0.39, 0.29) is 22.9 Å². The first-order valence-electron chi connectivity index (χ1n) is 11.2. The number of nitrogens with zero attached hydrogens (tertiary/aromatic N) is 2. The number of methoxy groups -OCH3 is 1. The first-order valence-corrected chi connectivity index (χ1v) is 12.7. The van der Waals surface area contributed by atoms with Crippen LogP contribution in [0.2, 0.25) is 0 Å². The second-order valence-electron chi connectivity index (χ2n) is 8.53. The number of carbonyl (C=O) groups excluding carboxylic acids is 2. The average molecular weight is 489 g/mol. The van der Waals surface area contributed by atoms with Crippen LogP contribution in [-0.4, -0.2) is 38.2 Å². The number of rotatable bonds is 5. The number of benzene rings is 3. The molecule has 2 aliphatic rings. The van der Waals surface area contributed by atoms with Gasteiger partial charge in [-0.3, -0.25) is 9.59 Å². The lowest BCUT2D eigenvalue weighted by Crippen LogP contribution is -2.31. The van der Waals surface area contributed by atoms with E-state index in [1.165, 1.54) is 14.0 Å². The molecular formula is C27H24N2O5S. The summed E-state index contributed by atoms with van der Waals surface area (Å²) in [6.07, 6.45) is 0.817. The maximum absolute atomic E-state index is 13.3. The Balaban J connectivity index is 1.35. The highest BCUT2D eigenvalue weighted by molar-refractivity contribution is 7.99. The van der Waals surface area contributed by atoms with Crippen LogP contribution in [0, 0.1) is 0 Å². The predicted octanol–water partition coefficient (Wildman–Crippen LogP) is 4.00. The molecule has 0 N–H and O–H groups in total. The minimum Gasteiger partial charge on any atom is -0.497 e. The molecule has 0 fully saturated rings. The van der Waals surface area contributed by atoms with Gasteiger partial charge in [-0.15, -0.1) is 0 Å². The van der Waals surface area contributed by atoms with Crippen molar-refractivity contribution in [3.8, 4) is 5.75 Å². The van der Waals surface area contributed by atoms with Crippen molar-refractivity contribution in [2.45, 2.75) is 19.9 Å². The second kappa shape index (κ2) is 8.70. The van der Waals surface area contributed by atoms with Gasteiger partial charge in [0, 0.05) is 23.4 Å². The van der Waals surface area contributed by atoms with Crippen LogP contribution in [-0.2, 0) is 27.8 Å². The fourth-order valence-corrected chi connectivity index (χ4v) is 6.39. The molecule has 178 valence electrons. The lowest BCUT2D eigenvalue weighted by Gasteiger charge is -2.19. The van der Waals surface area contributed by atoms with Crippen LogP contribution in [0.4, 0.5) is 5.69 Å². The molecule has 3 aromatic carbocycles. The summed E-state index contributed by atoms with van der Waals surface area (Å²) in [4.78, 5) is 27.7. The van der Waals surface area contributed by atoms with Gasteiger partial charge in [0.15, 0.2) is 0 Å². The summed E-state index contributed by atoms with van der Waals surface area (Å²) < 4.78 is 32.6. The van der Waals surface area contributed by atoms with Gasteiger partial charge >= 0.3 is 0 Å². The lowest BCUT2D eigenvalue weighted by molar-refractivity contribution is -0.122. The summed E-state index contributed by atoms with van der Waals surface area (Å²) in [5.74, 6) is -0.0621. The van der Waals surface area contributed by atoms with Crippen LogP contribution in [0.25, 0.3) is 4.91 Å². The number of amides is 2. The van der Waals surface area contributed by atoms with Gasteiger partial charge in [-0.2, -0.15) is 0 Å². The van der Waals surface area contributed by atoms with Crippen LogP contribution < -0.4 is 9.64 Å². The summed E-state index contributed by atoms with van der Waals surface area (Å²) in [5.41, 5.74) is 3.80. The molecule has 0 radical (unpaired) electrons. The van der Waals surface area contributed by atoms with E-state index in [0.717, 1.165) is 22.0 Å². The quantitative estimate of drug-likeness (QED) is 0.542. The zero-order valence-electron chi connectivity index (χ0n) is 19.4. The van der Waals surface area contributed by atoms with Gasteiger partial charge in [-0.05, 0) is 72.5 Å². The third kappa shape index (κ3) is 3.89. The van der Waals surface area contributed by atoms with Gasteiger partial charge in [0.25, 0.3) is 21.8 Å². The summed E-state index contributed by atoms with van der Waals surface area (Å²) in [6.45, 7) is 2.04. The van der Waals surface area contributed by atoms with E-state index in [0.29, 0.717) is 29.0 Å². The molecular weight excluding hydrogens is 464 g/mol. The molecule has 0 saturated heterocycles. The Kier molecular flexibility index (Phi) is 5.68. The fraction of sp³-hybridized carbons (Fsp3) is 0.185. The average Bonchev–Trinajstić information content (AvgIpc) is 3.37. The molecule has 2 amide bonds. The Morgan fingerprint density at radius 2 is 1.66 bits per heavy atom. The SMILES string of the molecule is COc1ccc(C2=C(C)C(=O)N(Cc3ccc(C(=O)N4CCc5ccccc54)cc3)S2(=O)=O)cc1. The van der Waals surface area contributed by atoms with Crippen LogP contribution in [0.1, 0.15) is 34.0 Å². The highest BCUT2D eigenvalue weighted by Gasteiger charge is 2.42. The molecule has 2 heterocycles. The number of anilines is 1. The zero-order chi connectivity index (χ0) is 24.7. The van der Waals surface area contributed by atoms with Crippen molar-refractivity contribution in [2.24, 2.45) is 0 Å². The van der Waals surface area contributed by atoms with Crippen LogP contribution in [0.3, 0.4) is 0 Å². The number of carbonyl (C=O) groups is 2. The van der Waals surface area contributed by atoms with Gasteiger partial charge in [0.2, 0.25) is 0 Å². The number of para-hydroxylation sites is 1. The Bertz CT molecular complexity index is 1460. The van der Waals surface area contributed by atoms with Crippen molar-refractivity contribution in [2.75, 3.05) is 18.6 Å². The molecule has 0 saturated carbocycles. The van der Waals surface area contributed by atoms with Crippen LogP contribution >= 0.6 is 0 Å². The normalized spacial score (nSPS) is 16.6. The number of fused-ring (bicyclic) bond motifs is 1. The van der Waals surface area contributed by atoms with Crippen molar-refractivity contribution in [1.82, 2.24) is 4.31 Å². The molecule has 2 aliphatic heterocycles. The monoisotopic (exact) mass is 488 g/mol. The van der Waals surface area contributed by atoms with Crippen LogP contribution in [0.15, 0.2) is 78.4 Å². The van der Waals surface area contributed by atoms with Gasteiger partial charge in [0.05, 0.1) is 13.7 Å². The van der Waals surface area contributed by atoms with E-state index in [1.807, 2.05) is 24.3 Å². The smallest absolute Gasteiger partial charge is 0.268 e. The Hall–Kier alpha value is -3.91. The Morgan fingerprint density at radius 1 is 0.971 bits per heavy atom. The Morgan fingerprint density at radius 3 is 2.34 bits per heavy atom. The molecule has 0 unspecified atom stereocenters. The summed E-state index contributed by atoms with van der Waals surface area (Å²) in [5, 5.41) is 0. The van der Waals surface area contributed by atoms with E-state index in [4.69, 9.17) is 4.74 Å². The minimum atomic E-state index is -4.02. The van der Waals surface area contributed by atoms with Gasteiger partial charge < -0.3 is 9.64 Å². The second-order valence-corrected chi connectivity index (χ2v) is 10.3. The lowest BCUT2D eigenvalue weighted by atomic mass is 10.1. The maximum Gasteiger partial charge on any atom is 0.268 e. The molecule has 5 rings (SSSR count). The first-order chi connectivity index (χ1) is 16.8. The third-order valence-corrected chi connectivity index (χ3v) is 8.38. The molecule has 0 aliphatic carbocycles. The molecule has 35 heavy (non-hydrogen) atoms. The summed E-state index contributed by atoms with van der Waals surface area (Å²) in [6, 6.07) is 21.2. The molecule has 8 heteroatoms. The minimum absolute atomic E-state index is 0.00431. The van der Waals surface area contributed by atoms with E-state index in [1.54, 1.807) is 53.4 Å². The molecule has 0 bridgehead atoms. The first kappa shape index (κ1) is 22.9. The third-order valence-electron chi connectivity index (χ3n) is 6.45. The fourth-order valence-electron chi connectivity index (χ4n) is 4.59. The predicted molar refractivity (Wildman–Crippen MR) is 133 cm³/mol. The highest BCUT2D eigenvalue weighted by atomic mass is 32.2. The number of ether oxygens (including phenoxy) is 1. The maximum atomic E-state index is 13.3. The van der Waals surface area contributed by atoms with E-state index in [2.05, 4.69) is 0 Å². The van der Waals surface area contributed by atoms with E-state index < -0.39 is 15.9 Å². The zero-order valence-corrected chi connectivity index (χ0v) is 20.2. The van der Waals surface area contributed by atoms with Crippen molar-refractivity contribution in [3.05, 3.63) is 101 Å². The molecule has 0 atom stereocenters. The molecule has 0 aromatic heterocycles. The summed E-state index contributed by atoms with van der Waals surface area (Å²) in [7, 11) is -2.49. The van der Waals surface area contributed by atoms with Crippen molar-refractivity contribution in [3.63, 3.8) is 0 Å². The number of hydrogen-bond acceptors (Lipinski definition) is 5. The standard InChI is InChI=1S/C27H24N2O5S/c1-18-25(21-11-13-23(34-2)14-12-21)35(32,33)29(26(18)30)17-19-7-9-22(10-8-19)27(31)28-16-15-20-5-3-4-6-24(20)28/h3-14H,15-17H2,1-2H3. The van der Waals surface area contributed by atoms with Crippen molar-refractivity contribution < 1.29 is 22.7 Å². The number of hydrogen-bond donors (Lipinski definition) is 0. The number of sulfonamides is 1. The molecule has 0 spiro atoms. The van der Waals surface area contributed by atoms with Gasteiger partial charge in [-0.25, -0.2) is 12.7 Å². The largest absolute Gasteiger partial charge is 0.497 e. The van der Waals surface area contributed by atoms with Crippen molar-refractivity contribution in [1.29, 1.82) is 0 Å². The van der Waals surface area contributed by atoms with Crippen LogP contribution in [0.5, 0.6) is 5.75 Å². The highest BCUT2D eigenvalue weighted by Crippen LogP contribution is 2.37. The molecule has 3 aromatic rings. The molecule has 7 nitrogen and oxygen atoms in total. The van der Waals surface area contributed by atoms with Gasteiger partial charge in [-0.1, -0.05) is 30.3 Å². The van der Waals surface area contributed by atoms with Crippen molar-refractivity contribution >= 4 is 32.4 Å². The van der Waals surface area contributed by atoms with Gasteiger partial charge in [0.1, 0.15) is 10.7 Å². The van der Waals surface area contributed by atoms with E-state index in [9.17, 15) is 18.0 Å².